The van der Waals surface area contributed by atoms with Crippen LogP contribution in [0.2, 0.25) is 0 Å². The van der Waals surface area contributed by atoms with Gasteiger partial charge < -0.3 is 25.0 Å². The van der Waals surface area contributed by atoms with Crippen LogP contribution in [-0.2, 0) is 19.6 Å². The van der Waals surface area contributed by atoms with Gasteiger partial charge in [0.15, 0.2) is 16.6 Å². The number of fused-ring (bicyclic) bond motifs is 1. The molecule has 0 spiro atoms. The van der Waals surface area contributed by atoms with Gasteiger partial charge in [0.25, 0.3) is 0 Å². The van der Waals surface area contributed by atoms with E-state index in [9.17, 15) is 0 Å². The van der Waals surface area contributed by atoms with Gasteiger partial charge in [-0.25, -0.2) is 0 Å². The molecule has 142 valence electrons. The number of quaternary nitrogens is 1. The number of benzene rings is 2. The lowest BCUT2D eigenvalue weighted by Crippen LogP contribution is -3.08. The van der Waals surface area contributed by atoms with Crippen LogP contribution in [-0.4, -0.2) is 25.0 Å². The molecule has 1 saturated heterocycles. The fourth-order valence-corrected chi connectivity index (χ4v) is 3.84. The monoisotopic (exact) mass is 384 g/mol. The minimum atomic E-state index is 0.296. The Bertz CT molecular complexity index is 806. The number of hydrogen-bond donors (Lipinski definition) is 3. The molecule has 2 aromatic rings. The Balaban J connectivity index is 1.28. The van der Waals surface area contributed by atoms with Crippen LogP contribution in [0.4, 0.5) is 0 Å². The lowest BCUT2D eigenvalue weighted by Gasteiger charge is -2.16. The second-order valence-electron chi connectivity index (χ2n) is 7.13. The first-order valence-electron chi connectivity index (χ1n) is 9.58. The van der Waals surface area contributed by atoms with Crippen molar-refractivity contribution in [2.24, 2.45) is 0 Å². The molecular weight excluding hydrogens is 358 g/mol. The lowest BCUT2D eigenvalue weighted by molar-refractivity contribution is -0.901. The largest absolute Gasteiger partial charge is 0.454 e. The average Bonchev–Trinajstić information content (AvgIpc) is 3.37. The summed E-state index contributed by atoms with van der Waals surface area (Å²) in [6, 6.07) is 14.6. The first-order valence-corrected chi connectivity index (χ1v) is 9.99. The molecule has 0 radical (unpaired) electrons. The van der Waals surface area contributed by atoms with E-state index in [0.29, 0.717) is 18.5 Å². The fraction of sp³-hybridized carbons (Fsp3) is 0.381. The van der Waals surface area contributed by atoms with Crippen molar-refractivity contribution in [3.8, 4) is 11.5 Å². The van der Waals surface area contributed by atoms with E-state index in [0.717, 1.165) is 30.2 Å². The highest BCUT2D eigenvalue weighted by molar-refractivity contribution is 7.80. The zero-order valence-electron chi connectivity index (χ0n) is 15.4. The Morgan fingerprint density at radius 2 is 1.67 bits per heavy atom. The summed E-state index contributed by atoms with van der Waals surface area (Å²) in [7, 11) is 0. The molecule has 0 saturated carbocycles. The summed E-state index contributed by atoms with van der Waals surface area (Å²) in [6.45, 7) is 5.38. The zero-order valence-corrected chi connectivity index (χ0v) is 16.2. The molecule has 0 amide bonds. The van der Waals surface area contributed by atoms with Crippen molar-refractivity contribution in [3.05, 3.63) is 59.2 Å². The van der Waals surface area contributed by atoms with Gasteiger partial charge in [0.2, 0.25) is 6.79 Å². The van der Waals surface area contributed by atoms with Gasteiger partial charge in [0, 0.05) is 31.5 Å². The molecule has 0 bridgehead atoms. The predicted octanol–water partition coefficient (Wildman–Crippen LogP) is 1.76. The van der Waals surface area contributed by atoms with Crippen molar-refractivity contribution in [1.82, 2.24) is 10.6 Å². The molecule has 2 aliphatic rings. The van der Waals surface area contributed by atoms with Crippen LogP contribution in [0.1, 0.15) is 29.5 Å². The van der Waals surface area contributed by atoms with Gasteiger partial charge >= 0.3 is 0 Å². The standard InChI is InChI=1S/C21H25N3O2S/c27-21(22-12-16-7-8-19-20(11-16)26-15-25-19)23-13-17-5-1-2-6-18(17)14-24-9-3-4-10-24/h1-2,5-8,11H,3-4,9-10,12-15H2,(H2,22,23,27)/p+1. The van der Waals surface area contributed by atoms with Crippen molar-refractivity contribution in [2.75, 3.05) is 19.9 Å². The van der Waals surface area contributed by atoms with Crippen LogP contribution >= 0.6 is 12.2 Å². The number of nitrogens with one attached hydrogen (secondary N) is 3. The third kappa shape index (κ3) is 4.70. The topological polar surface area (TPSA) is 47.0 Å². The highest BCUT2D eigenvalue weighted by atomic mass is 32.1. The molecule has 5 nitrogen and oxygen atoms in total. The van der Waals surface area contributed by atoms with Crippen molar-refractivity contribution in [1.29, 1.82) is 0 Å². The maximum atomic E-state index is 5.46. The highest BCUT2D eigenvalue weighted by Crippen LogP contribution is 2.32. The molecule has 3 N–H and O–H groups in total. The van der Waals surface area contributed by atoms with Gasteiger partial charge in [-0.1, -0.05) is 30.3 Å². The van der Waals surface area contributed by atoms with Crippen molar-refractivity contribution >= 4 is 17.3 Å². The Hall–Kier alpha value is -2.31. The molecule has 1 fully saturated rings. The fourth-order valence-electron chi connectivity index (χ4n) is 3.69. The summed E-state index contributed by atoms with van der Waals surface area (Å²) in [4.78, 5) is 1.69. The molecule has 6 heteroatoms. The summed E-state index contributed by atoms with van der Waals surface area (Å²) in [5, 5.41) is 7.28. The van der Waals surface area contributed by atoms with Gasteiger partial charge in [-0.3, -0.25) is 0 Å². The molecule has 2 aliphatic heterocycles. The maximum absolute atomic E-state index is 5.46. The Kier molecular flexibility index (Phi) is 5.75. The van der Waals surface area contributed by atoms with Crippen molar-refractivity contribution in [3.63, 3.8) is 0 Å². The van der Waals surface area contributed by atoms with Crippen LogP contribution in [0.5, 0.6) is 11.5 Å². The van der Waals surface area contributed by atoms with Crippen LogP contribution in [0.25, 0.3) is 0 Å². The molecule has 4 rings (SSSR count). The van der Waals surface area contributed by atoms with Crippen LogP contribution < -0.4 is 25.0 Å². The molecule has 2 heterocycles. The van der Waals surface area contributed by atoms with Crippen LogP contribution in [0, 0.1) is 0 Å². The van der Waals surface area contributed by atoms with Gasteiger partial charge in [0.1, 0.15) is 6.54 Å². The number of likely N-dealkylation sites (tertiary alicyclic amines) is 1. The van der Waals surface area contributed by atoms with E-state index < -0.39 is 0 Å². The SMILES string of the molecule is S=C(NCc1ccc2c(c1)OCO2)NCc1ccccc1C[NH+]1CCCC1. The summed E-state index contributed by atoms with van der Waals surface area (Å²) in [6.07, 6.45) is 2.70. The van der Waals surface area contributed by atoms with Gasteiger partial charge in [-0.15, -0.1) is 0 Å². The summed E-state index contributed by atoms with van der Waals surface area (Å²) >= 11 is 5.46. The quantitative estimate of drug-likeness (QED) is 0.663. The number of rotatable bonds is 6. The smallest absolute Gasteiger partial charge is 0.231 e. The first-order chi connectivity index (χ1) is 13.3. The molecule has 27 heavy (non-hydrogen) atoms. The minimum Gasteiger partial charge on any atom is -0.454 e. The minimum absolute atomic E-state index is 0.296. The van der Waals surface area contributed by atoms with Crippen LogP contribution in [0.3, 0.4) is 0 Å². The van der Waals surface area contributed by atoms with Crippen molar-refractivity contribution < 1.29 is 14.4 Å². The molecule has 0 atom stereocenters. The Morgan fingerprint density at radius 1 is 0.926 bits per heavy atom. The van der Waals surface area contributed by atoms with E-state index in [-0.39, 0.29) is 0 Å². The van der Waals surface area contributed by atoms with E-state index in [1.165, 1.54) is 37.1 Å². The van der Waals surface area contributed by atoms with E-state index in [2.05, 4.69) is 34.9 Å². The molecule has 0 aliphatic carbocycles. The molecule has 2 aromatic carbocycles. The number of hydrogen-bond acceptors (Lipinski definition) is 3. The zero-order chi connectivity index (χ0) is 18.5. The first kappa shape index (κ1) is 18.1. The summed E-state index contributed by atoms with van der Waals surface area (Å²) < 4.78 is 10.8. The predicted molar refractivity (Wildman–Crippen MR) is 109 cm³/mol. The number of thiocarbonyl (C=S) groups is 1. The third-order valence-corrected chi connectivity index (χ3v) is 5.49. The van der Waals surface area contributed by atoms with E-state index in [1.54, 1.807) is 4.90 Å². The second-order valence-corrected chi connectivity index (χ2v) is 7.53. The van der Waals surface area contributed by atoms with E-state index in [1.807, 2.05) is 18.2 Å². The molecule has 0 aromatic heterocycles. The number of ether oxygens (including phenoxy) is 2. The maximum Gasteiger partial charge on any atom is 0.231 e. The van der Waals surface area contributed by atoms with Crippen LogP contribution in [0.15, 0.2) is 42.5 Å². The Labute approximate surface area is 165 Å². The van der Waals surface area contributed by atoms with E-state index >= 15 is 0 Å². The van der Waals surface area contributed by atoms with Gasteiger partial charge in [-0.2, -0.15) is 0 Å². The highest BCUT2D eigenvalue weighted by Gasteiger charge is 2.17. The third-order valence-electron chi connectivity index (χ3n) is 5.20. The molecular formula is C21H26N3O2S+. The lowest BCUT2D eigenvalue weighted by atomic mass is 10.1. The van der Waals surface area contributed by atoms with Gasteiger partial charge in [-0.05, 0) is 35.5 Å². The Morgan fingerprint density at radius 3 is 2.52 bits per heavy atom. The molecule has 0 unspecified atom stereocenters. The van der Waals surface area contributed by atoms with E-state index in [4.69, 9.17) is 21.7 Å². The van der Waals surface area contributed by atoms with Crippen molar-refractivity contribution in [2.45, 2.75) is 32.5 Å². The normalized spacial score (nSPS) is 15.7. The summed E-state index contributed by atoms with van der Waals surface area (Å²) in [5.74, 6) is 1.60. The average molecular weight is 385 g/mol. The van der Waals surface area contributed by atoms with Gasteiger partial charge in [0.05, 0.1) is 13.1 Å². The second kappa shape index (κ2) is 8.59. The summed E-state index contributed by atoms with van der Waals surface area (Å²) in [5.41, 5.74) is 3.85.